The highest BCUT2D eigenvalue weighted by atomic mass is 79.9. The second-order valence-corrected chi connectivity index (χ2v) is 4.55. The van der Waals surface area contributed by atoms with Gasteiger partial charge >= 0.3 is 0 Å². The van der Waals surface area contributed by atoms with Gasteiger partial charge in [0, 0.05) is 16.9 Å². The van der Waals surface area contributed by atoms with E-state index >= 15 is 0 Å². The molecule has 0 atom stereocenters. The normalized spacial score (nSPS) is 10.9. The van der Waals surface area contributed by atoms with E-state index in [4.69, 9.17) is 11.6 Å². The van der Waals surface area contributed by atoms with Gasteiger partial charge in [-0.25, -0.2) is 4.68 Å². The number of fused-ring (bicyclic) bond motifs is 1. The Bertz CT molecular complexity index is 569. The molecule has 0 spiro atoms. The van der Waals surface area contributed by atoms with E-state index < -0.39 is 0 Å². The Morgan fingerprint density at radius 2 is 2.25 bits per heavy atom. The van der Waals surface area contributed by atoms with Gasteiger partial charge in [0.25, 0.3) is 5.56 Å². The van der Waals surface area contributed by atoms with Gasteiger partial charge in [-0.1, -0.05) is 32.7 Å². The largest absolute Gasteiger partial charge is 0.277 e. The van der Waals surface area contributed by atoms with Crippen LogP contribution in [-0.4, -0.2) is 20.3 Å². The lowest BCUT2D eigenvalue weighted by Gasteiger charge is -2.03. The van der Waals surface area contributed by atoms with Crippen LogP contribution < -0.4 is 5.56 Å². The predicted molar refractivity (Wildman–Crippen MR) is 67.2 cm³/mol. The van der Waals surface area contributed by atoms with Gasteiger partial charge < -0.3 is 0 Å². The van der Waals surface area contributed by atoms with E-state index in [-0.39, 0.29) is 5.56 Å². The lowest BCUT2D eigenvalue weighted by atomic mass is 10.2. The number of rotatable bonds is 3. The van der Waals surface area contributed by atoms with Gasteiger partial charge in [0.05, 0.1) is 5.39 Å². The predicted octanol–water partition coefficient (Wildman–Crippen LogP) is 2.23. The maximum Gasteiger partial charge on any atom is 0.277 e. The van der Waals surface area contributed by atoms with Crippen molar-refractivity contribution in [1.29, 1.82) is 0 Å². The summed E-state index contributed by atoms with van der Waals surface area (Å²) in [5, 5.41) is 9.77. The quantitative estimate of drug-likeness (QED) is 0.817. The molecule has 4 nitrogen and oxygen atoms in total. The molecule has 0 radical (unpaired) electrons. The highest BCUT2D eigenvalue weighted by Gasteiger charge is 2.05. The van der Waals surface area contributed by atoms with Gasteiger partial charge in [-0.15, -0.1) is 5.10 Å². The van der Waals surface area contributed by atoms with Crippen LogP contribution in [0.4, 0.5) is 0 Å². The van der Waals surface area contributed by atoms with Crippen molar-refractivity contribution in [2.24, 2.45) is 0 Å². The first-order valence-corrected chi connectivity index (χ1v) is 6.31. The number of benzene rings is 1. The van der Waals surface area contributed by atoms with Crippen LogP contribution in [0.25, 0.3) is 10.9 Å². The van der Waals surface area contributed by atoms with E-state index in [2.05, 4.69) is 26.2 Å². The van der Waals surface area contributed by atoms with Crippen LogP contribution in [0.2, 0.25) is 5.02 Å². The Kier molecular flexibility index (Phi) is 3.56. The molecule has 0 fully saturated rings. The van der Waals surface area contributed by atoms with Crippen LogP contribution in [0, 0.1) is 0 Å². The number of aromatic nitrogens is 3. The fourth-order valence-electron chi connectivity index (χ4n) is 1.41. The summed E-state index contributed by atoms with van der Waals surface area (Å²) in [6.45, 7) is 0.565. The SMILES string of the molecule is O=c1c2ccc(Cl)cc2nnn1CCCBr. The number of hydrogen-bond donors (Lipinski definition) is 0. The molecule has 2 rings (SSSR count). The highest BCUT2D eigenvalue weighted by molar-refractivity contribution is 9.09. The van der Waals surface area contributed by atoms with E-state index in [1.165, 1.54) is 4.68 Å². The first-order chi connectivity index (χ1) is 7.72. The summed E-state index contributed by atoms with van der Waals surface area (Å²) in [4.78, 5) is 11.9. The Morgan fingerprint density at radius 1 is 1.44 bits per heavy atom. The Hall–Kier alpha value is -0.940. The number of hydrogen-bond acceptors (Lipinski definition) is 3. The van der Waals surface area contributed by atoms with E-state index in [1.54, 1.807) is 18.2 Å². The summed E-state index contributed by atoms with van der Waals surface area (Å²) < 4.78 is 1.37. The van der Waals surface area contributed by atoms with E-state index in [9.17, 15) is 4.79 Å². The van der Waals surface area contributed by atoms with Crippen LogP contribution in [-0.2, 0) is 6.54 Å². The minimum atomic E-state index is -0.123. The minimum Gasteiger partial charge on any atom is -0.267 e. The molecule has 2 aromatic rings. The van der Waals surface area contributed by atoms with Crippen molar-refractivity contribution in [2.75, 3.05) is 5.33 Å². The van der Waals surface area contributed by atoms with Crippen molar-refractivity contribution in [2.45, 2.75) is 13.0 Å². The summed E-state index contributed by atoms with van der Waals surface area (Å²) in [7, 11) is 0. The van der Waals surface area contributed by atoms with Crippen molar-refractivity contribution in [3.8, 4) is 0 Å². The maximum absolute atomic E-state index is 11.9. The number of nitrogens with zero attached hydrogens (tertiary/aromatic N) is 3. The average Bonchev–Trinajstić information content (AvgIpc) is 2.28. The molecule has 6 heteroatoms. The lowest BCUT2D eigenvalue weighted by molar-refractivity contribution is 0.544. The first kappa shape index (κ1) is 11.5. The summed E-state index contributed by atoms with van der Waals surface area (Å²) >= 11 is 9.12. The molecule has 16 heavy (non-hydrogen) atoms. The van der Waals surface area contributed by atoms with Crippen LogP contribution in [0.15, 0.2) is 23.0 Å². The number of alkyl halides is 1. The van der Waals surface area contributed by atoms with Crippen molar-refractivity contribution in [1.82, 2.24) is 15.0 Å². The second-order valence-electron chi connectivity index (χ2n) is 3.32. The molecule has 1 aromatic carbocycles. The molecule has 1 aromatic heterocycles. The lowest BCUT2D eigenvalue weighted by Crippen LogP contribution is -2.24. The zero-order chi connectivity index (χ0) is 11.5. The molecule has 1 heterocycles. The van der Waals surface area contributed by atoms with Crippen LogP contribution >= 0.6 is 27.5 Å². The Morgan fingerprint density at radius 3 is 3.00 bits per heavy atom. The van der Waals surface area contributed by atoms with Gasteiger partial charge in [0.1, 0.15) is 5.52 Å². The average molecular weight is 303 g/mol. The van der Waals surface area contributed by atoms with Gasteiger partial charge in [0.15, 0.2) is 0 Å². The molecule has 0 saturated heterocycles. The molecule has 0 N–H and O–H groups in total. The van der Waals surface area contributed by atoms with E-state index in [0.29, 0.717) is 22.5 Å². The first-order valence-electron chi connectivity index (χ1n) is 4.81. The smallest absolute Gasteiger partial charge is 0.267 e. The minimum absolute atomic E-state index is 0.123. The third-order valence-electron chi connectivity index (χ3n) is 2.19. The molecular formula is C10H9BrClN3O. The van der Waals surface area contributed by atoms with E-state index in [1.807, 2.05) is 0 Å². The number of halogens is 2. The third-order valence-corrected chi connectivity index (χ3v) is 2.98. The maximum atomic E-state index is 11.9. The number of aryl methyl sites for hydroxylation is 1. The zero-order valence-corrected chi connectivity index (χ0v) is 10.7. The highest BCUT2D eigenvalue weighted by Crippen LogP contribution is 2.13. The molecule has 0 aliphatic carbocycles. The molecular weight excluding hydrogens is 293 g/mol. The fourth-order valence-corrected chi connectivity index (χ4v) is 1.82. The topological polar surface area (TPSA) is 47.8 Å². The molecule has 0 aliphatic rings. The van der Waals surface area contributed by atoms with Gasteiger partial charge in [0.2, 0.25) is 0 Å². The van der Waals surface area contributed by atoms with Crippen molar-refractivity contribution in [3.63, 3.8) is 0 Å². The van der Waals surface area contributed by atoms with Crippen molar-refractivity contribution < 1.29 is 0 Å². The van der Waals surface area contributed by atoms with Crippen molar-refractivity contribution >= 4 is 38.4 Å². The molecule has 0 aliphatic heterocycles. The van der Waals surface area contributed by atoms with Gasteiger partial charge in [-0.2, -0.15) is 0 Å². The summed E-state index contributed by atoms with van der Waals surface area (Å²) in [5.41, 5.74) is 0.412. The van der Waals surface area contributed by atoms with E-state index in [0.717, 1.165) is 11.8 Å². The fraction of sp³-hybridized carbons (Fsp3) is 0.300. The second kappa shape index (κ2) is 4.93. The van der Waals surface area contributed by atoms with Crippen LogP contribution in [0.1, 0.15) is 6.42 Å². The zero-order valence-electron chi connectivity index (χ0n) is 8.36. The monoisotopic (exact) mass is 301 g/mol. The Labute approximate surface area is 105 Å². The van der Waals surface area contributed by atoms with Crippen LogP contribution in [0.3, 0.4) is 0 Å². The van der Waals surface area contributed by atoms with Crippen LogP contribution in [0.5, 0.6) is 0 Å². The summed E-state index contributed by atoms with van der Waals surface area (Å²) in [6.07, 6.45) is 0.841. The molecule has 84 valence electrons. The van der Waals surface area contributed by atoms with Gasteiger partial charge in [-0.05, 0) is 24.6 Å². The molecule has 0 amide bonds. The molecule has 0 unspecified atom stereocenters. The molecule has 0 saturated carbocycles. The van der Waals surface area contributed by atoms with Crippen molar-refractivity contribution in [3.05, 3.63) is 33.6 Å². The van der Waals surface area contributed by atoms with Gasteiger partial charge in [-0.3, -0.25) is 4.79 Å². The Balaban J connectivity index is 2.53. The standard InChI is InChI=1S/C10H9BrClN3O/c11-4-1-5-15-10(16)8-3-2-7(12)6-9(8)13-14-15/h2-3,6H,1,4-5H2. The third kappa shape index (κ3) is 2.25. The molecule has 0 bridgehead atoms. The summed E-state index contributed by atoms with van der Waals surface area (Å²) in [6, 6.07) is 5.00. The summed E-state index contributed by atoms with van der Waals surface area (Å²) in [5.74, 6) is 0.